The van der Waals surface area contributed by atoms with E-state index < -0.39 is 5.97 Å². The van der Waals surface area contributed by atoms with Gasteiger partial charge in [0.2, 0.25) is 5.88 Å². The van der Waals surface area contributed by atoms with Crippen LogP contribution in [0.15, 0.2) is 48.0 Å². The van der Waals surface area contributed by atoms with Crippen molar-refractivity contribution in [2.24, 2.45) is 0 Å². The topological polar surface area (TPSA) is 76.1 Å². The van der Waals surface area contributed by atoms with E-state index in [2.05, 4.69) is 0 Å². The fraction of sp³-hybridized carbons (Fsp3) is 0.278. The number of thiocarbonyl (C=S) groups is 1. The Morgan fingerprint density at radius 2 is 2.00 bits per heavy atom. The summed E-state index contributed by atoms with van der Waals surface area (Å²) in [6.45, 7) is 2.56. The van der Waals surface area contributed by atoms with Gasteiger partial charge in [-0.1, -0.05) is 12.1 Å². The number of carbonyl (C=O) groups is 2. The Bertz CT molecular complexity index is 833. The molecule has 3 rings (SSSR count). The molecular weight excluding hydrogens is 354 g/mol. The zero-order valence-electron chi connectivity index (χ0n) is 14.5. The number of hydrogen-bond acceptors (Lipinski definition) is 6. The molecule has 0 spiro atoms. The van der Waals surface area contributed by atoms with Crippen LogP contribution in [0.4, 0.5) is 5.69 Å². The molecule has 1 aromatic rings. The van der Waals surface area contributed by atoms with Crippen LogP contribution in [-0.2, 0) is 9.59 Å². The van der Waals surface area contributed by atoms with Gasteiger partial charge in [-0.3, -0.25) is 9.69 Å². The lowest BCUT2D eigenvalue weighted by Crippen LogP contribution is -2.30. The highest BCUT2D eigenvalue weighted by atomic mass is 32.1. The molecular formula is C18H18N3O4S-. The first kappa shape index (κ1) is 17.9. The molecule has 0 aromatic heterocycles. The largest absolute Gasteiger partial charge is 0.550 e. The zero-order valence-corrected chi connectivity index (χ0v) is 15.3. The molecule has 0 N–H and O–H groups in total. The second-order valence-electron chi connectivity index (χ2n) is 5.79. The molecule has 2 aliphatic heterocycles. The molecule has 8 heteroatoms. The van der Waals surface area contributed by atoms with Crippen molar-refractivity contribution in [2.75, 3.05) is 25.0 Å². The molecule has 0 saturated carbocycles. The Balaban J connectivity index is 1.91. The third kappa shape index (κ3) is 3.15. The van der Waals surface area contributed by atoms with Crippen LogP contribution in [0.25, 0.3) is 0 Å². The SMILES string of the molecule is CCN1C(=O)C(=CC=C2Oc3ccccc3N2CCC(=O)[O-])N(C)C1=S. The number of benzene rings is 1. The zero-order chi connectivity index (χ0) is 18.8. The first-order chi connectivity index (χ1) is 12.4. The van der Waals surface area contributed by atoms with E-state index >= 15 is 0 Å². The monoisotopic (exact) mass is 372 g/mol. The molecule has 7 nitrogen and oxygen atoms in total. The van der Waals surface area contributed by atoms with Gasteiger partial charge in [-0.15, -0.1) is 0 Å². The normalized spacial score (nSPS) is 19.5. The van der Waals surface area contributed by atoms with E-state index in [9.17, 15) is 14.7 Å². The number of nitrogens with zero attached hydrogens (tertiary/aromatic N) is 3. The number of carboxylic acid groups (broad SMARTS) is 1. The standard InChI is InChI=1S/C18H19N3O4S/c1-3-20-17(24)13(19(2)18(20)26)8-9-15-21(11-10-16(22)23)12-6-4-5-7-14(12)25-15/h4-9H,3,10-11H2,1-2H3,(H,22,23)/p-1. The maximum absolute atomic E-state index is 12.4. The van der Waals surface area contributed by atoms with Crippen LogP contribution in [0, 0.1) is 0 Å². The quantitative estimate of drug-likeness (QED) is 0.560. The van der Waals surface area contributed by atoms with Crippen molar-refractivity contribution in [3.63, 3.8) is 0 Å². The summed E-state index contributed by atoms with van der Waals surface area (Å²) < 4.78 is 5.81. The number of fused-ring (bicyclic) bond motifs is 1. The number of carbonyl (C=O) groups excluding carboxylic acids is 2. The highest BCUT2D eigenvalue weighted by molar-refractivity contribution is 7.80. The molecule has 136 valence electrons. The number of anilines is 1. The Labute approximate surface area is 156 Å². The van der Waals surface area contributed by atoms with Crippen molar-refractivity contribution in [3.05, 3.63) is 48.0 Å². The fourth-order valence-corrected chi connectivity index (χ4v) is 3.19. The van der Waals surface area contributed by atoms with Gasteiger partial charge in [0.05, 0.1) is 5.69 Å². The molecule has 2 heterocycles. The summed E-state index contributed by atoms with van der Waals surface area (Å²) in [5.74, 6) is -0.232. The van der Waals surface area contributed by atoms with E-state index in [1.54, 1.807) is 35.1 Å². The lowest BCUT2D eigenvalue weighted by Gasteiger charge is -2.18. The molecule has 1 amide bonds. The second kappa shape index (κ2) is 7.17. The number of hydrogen-bond donors (Lipinski definition) is 0. The number of para-hydroxylation sites is 2. The molecule has 1 fully saturated rings. The van der Waals surface area contributed by atoms with Gasteiger partial charge in [0.15, 0.2) is 10.9 Å². The summed E-state index contributed by atoms with van der Waals surface area (Å²) >= 11 is 5.27. The van der Waals surface area contributed by atoms with Crippen molar-refractivity contribution in [1.29, 1.82) is 0 Å². The molecule has 2 aliphatic rings. The van der Waals surface area contributed by atoms with Crippen molar-refractivity contribution in [1.82, 2.24) is 9.80 Å². The summed E-state index contributed by atoms with van der Waals surface area (Å²) in [7, 11) is 1.73. The molecule has 0 unspecified atom stereocenters. The van der Waals surface area contributed by atoms with Gasteiger partial charge < -0.3 is 24.4 Å². The molecule has 0 radical (unpaired) electrons. The lowest BCUT2D eigenvalue weighted by atomic mass is 10.2. The van der Waals surface area contributed by atoms with Gasteiger partial charge in [0.25, 0.3) is 5.91 Å². The summed E-state index contributed by atoms with van der Waals surface area (Å²) in [6.07, 6.45) is 3.15. The number of ether oxygens (including phenoxy) is 1. The Morgan fingerprint density at radius 1 is 1.27 bits per heavy atom. The predicted molar refractivity (Wildman–Crippen MR) is 98.0 cm³/mol. The van der Waals surface area contributed by atoms with Crippen LogP contribution in [0.2, 0.25) is 0 Å². The van der Waals surface area contributed by atoms with Crippen LogP contribution in [-0.4, -0.2) is 46.9 Å². The van der Waals surface area contributed by atoms with Crippen LogP contribution < -0.4 is 14.7 Å². The van der Waals surface area contributed by atoms with Gasteiger partial charge in [0.1, 0.15) is 5.70 Å². The van der Waals surface area contributed by atoms with Gasteiger partial charge in [-0.05, 0) is 37.4 Å². The molecule has 26 heavy (non-hydrogen) atoms. The number of allylic oxidation sites excluding steroid dienone is 2. The molecule has 1 saturated heterocycles. The lowest BCUT2D eigenvalue weighted by molar-refractivity contribution is -0.305. The van der Waals surface area contributed by atoms with Crippen molar-refractivity contribution in [2.45, 2.75) is 13.3 Å². The fourth-order valence-electron chi connectivity index (χ4n) is 2.88. The number of rotatable bonds is 5. The molecule has 0 bridgehead atoms. The first-order valence-corrected chi connectivity index (χ1v) is 8.60. The van der Waals surface area contributed by atoms with Gasteiger partial charge in [-0.25, -0.2) is 0 Å². The number of likely N-dealkylation sites (N-methyl/N-ethyl adjacent to an activating group) is 2. The van der Waals surface area contributed by atoms with Crippen molar-refractivity contribution < 1.29 is 19.4 Å². The minimum absolute atomic E-state index is 0.141. The van der Waals surface area contributed by atoms with E-state index in [4.69, 9.17) is 17.0 Å². The van der Waals surface area contributed by atoms with Crippen LogP contribution >= 0.6 is 12.2 Å². The molecule has 1 aromatic carbocycles. The average molecular weight is 372 g/mol. The van der Waals surface area contributed by atoms with Crippen LogP contribution in [0.1, 0.15) is 13.3 Å². The Kier molecular flexibility index (Phi) is 4.94. The highest BCUT2D eigenvalue weighted by Gasteiger charge is 2.34. The van der Waals surface area contributed by atoms with E-state index in [0.717, 1.165) is 5.69 Å². The number of amides is 1. The van der Waals surface area contributed by atoms with Gasteiger partial charge >= 0.3 is 0 Å². The number of carboxylic acids is 1. The third-order valence-corrected chi connectivity index (χ3v) is 4.71. The summed E-state index contributed by atoms with van der Waals surface area (Å²) in [5, 5.41) is 11.3. The van der Waals surface area contributed by atoms with Gasteiger partial charge in [-0.2, -0.15) is 0 Å². The third-order valence-electron chi connectivity index (χ3n) is 4.22. The van der Waals surface area contributed by atoms with E-state index in [0.29, 0.717) is 29.0 Å². The van der Waals surface area contributed by atoms with Crippen LogP contribution in [0.5, 0.6) is 5.75 Å². The molecule has 0 atom stereocenters. The van der Waals surface area contributed by atoms with Gasteiger partial charge in [0, 0.05) is 38.6 Å². The molecule has 0 aliphatic carbocycles. The highest BCUT2D eigenvalue weighted by Crippen LogP contribution is 2.38. The summed E-state index contributed by atoms with van der Waals surface area (Å²) in [6, 6.07) is 7.33. The smallest absolute Gasteiger partial charge is 0.276 e. The summed E-state index contributed by atoms with van der Waals surface area (Å²) in [4.78, 5) is 28.2. The minimum atomic E-state index is -1.14. The van der Waals surface area contributed by atoms with Crippen molar-refractivity contribution >= 4 is 34.9 Å². The number of aliphatic carboxylic acids is 1. The van der Waals surface area contributed by atoms with E-state index in [1.807, 2.05) is 25.1 Å². The minimum Gasteiger partial charge on any atom is -0.550 e. The van der Waals surface area contributed by atoms with Crippen LogP contribution in [0.3, 0.4) is 0 Å². The first-order valence-electron chi connectivity index (χ1n) is 8.19. The van der Waals surface area contributed by atoms with E-state index in [-0.39, 0.29) is 18.9 Å². The average Bonchev–Trinajstić information content (AvgIpc) is 3.06. The Morgan fingerprint density at radius 3 is 2.65 bits per heavy atom. The van der Waals surface area contributed by atoms with Crippen molar-refractivity contribution in [3.8, 4) is 5.75 Å². The predicted octanol–water partition coefficient (Wildman–Crippen LogP) is 0.829. The Hall–Kier alpha value is -2.87. The second-order valence-corrected chi connectivity index (χ2v) is 6.16. The van der Waals surface area contributed by atoms with E-state index in [1.165, 1.54) is 4.90 Å². The maximum atomic E-state index is 12.4. The summed E-state index contributed by atoms with van der Waals surface area (Å²) in [5.41, 5.74) is 1.21. The maximum Gasteiger partial charge on any atom is 0.276 e.